The highest BCUT2D eigenvalue weighted by Gasteiger charge is 2.41. The lowest BCUT2D eigenvalue weighted by atomic mass is 9.73. The second kappa shape index (κ2) is 8.48. The van der Waals surface area contributed by atoms with Gasteiger partial charge in [0.05, 0.1) is 10.4 Å². The highest BCUT2D eigenvalue weighted by atomic mass is 32.1. The Hall–Kier alpha value is -0.680. The summed E-state index contributed by atoms with van der Waals surface area (Å²) in [6.07, 6.45) is 7.94. The molecule has 1 rings (SSSR count). The standard InChI is InChI=1S/C14H26N2O2S/c1-18-11-7-3-6-10-16-13(17)14(12(15)19)8-4-2-5-9-14/h2-11H2,1H3,(H2,15,19)(H,16,17). The summed E-state index contributed by atoms with van der Waals surface area (Å²) in [7, 11) is 1.71. The normalized spacial score (nSPS) is 17.9. The van der Waals surface area contributed by atoms with Crippen molar-refractivity contribution in [1.29, 1.82) is 0 Å². The lowest BCUT2D eigenvalue weighted by Crippen LogP contribution is -2.50. The molecule has 1 aliphatic carbocycles. The summed E-state index contributed by atoms with van der Waals surface area (Å²) >= 11 is 5.14. The molecule has 0 bridgehead atoms. The molecule has 1 amide bonds. The van der Waals surface area contributed by atoms with E-state index in [-0.39, 0.29) is 5.91 Å². The van der Waals surface area contributed by atoms with Gasteiger partial charge in [0.2, 0.25) is 5.91 Å². The van der Waals surface area contributed by atoms with Gasteiger partial charge in [0.15, 0.2) is 0 Å². The number of thiocarbonyl (C=S) groups is 1. The molecule has 1 fully saturated rings. The fourth-order valence-corrected chi connectivity index (χ4v) is 2.96. The van der Waals surface area contributed by atoms with Gasteiger partial charge >= 0.3 is 0 Å². The summed E-state index contributed by atoms with van der Waals surface area (Å²) in [6, 6.07) is 0. The number of hydrogen-bond donors (Lipinski definition) is 2. The number of carbonyl (C=O) groups excluding carboxylic acids is 1. The summed E-state index contributed by atoms with van der Waals surface area (Å²) in [5.41, 5.74) is 5.24. The lowest BCUT2D eigenvalue weighted by Gasteiger charge is -2.34. The van der Waals surface area contributed by atoms with Crippen LogP contribution < -0.4 is 11.1 Å². The Morgan fingerprint density at radius 3 is 2.53 bits per heavy atom. The molecule has 4 nitrogen and oxygen atoms in total. The second-order valence-corrected chi connectivity index (χ2v) is 5.76. The van der Waals surface area contributed by atoms with Gasteiger partial charge in [-0.3, -0.25) is 4.79 Å². The molecule has 1 saturated carbocycles. The molecular weight excluding hydrogens is 260 g/mol. The van der Waals surface area contributed by atoms with Crippen molar-refractivity contribution in [1.82, 2.24) is 5.32 Å². The predicted molar refractivity (Wildman–Crippen MR) is 81.0 cm³/mol. The van der Waals surface area contributed by atoms with Crippen LogP contribution in [0.3, 0.4) is 0 Å². The minimum Gasteiger partial charge on any atom is -0.392 e. The van der Waals surface area contributed by atoms with Crippen molar-refractivity contribution < 1.29 is 9.53 Å². The van der Waals surface area contributed by atoms with Crippen molar-refractivity contribution in [2.45, 2.75) is 51.4 Å². The number of amides is 1. The Labute approximate surface area is 121 Å². The molecular formula is C14H26N2O2S. The van der Waals surface area contributed by atoms with Gasteiger partial charge in [-0.2, -0.15) is 0 Å². The number of methoxy groups -OCH3 is 1. The Balaban J connectivity index is 2.35. The zero-order valence-electron chi connectivity index (χ0n) is 11.9. The summed E-state index contributed by atoms with van der Waals surface area (Å²) < 4.78 is 4.99. The first-order chi connectivity index (χ1) is 9.13. The Kier molecular flexibility index (Phi) is 7.31. The number of nitrogens with one attached hydrogen (secondary N) is 1. The second-order valence-electron chi connectivity index (χ2n) is 5.32. The van der Waals surface area contributed by atoms with E-state index >= 15 is 0 Å². The van der Waals surface area contributed by atoms with Crippen molar-refractivity contribution >= 4 is 23.1 Å². The molecule has 0 spiro atoms. The average molecular weight is 286 g/mol. The molecule has 0 radical (unpaired) electrons. The number of hydrogen-bond acceptors (Lipinski definition) is 3. The van der Waals surface area contributed by atoms with Crippen LogP contribution >= 0.6 is 12.2 Å². The van der Waals surface area contributed by atoms with Crippen molar-refractivity contribution in [3.8, 4) is 0 Å². The minimum atomic E-state index is -0.583. The van der Waals surface area contributed by atoms with E-state index in [1.807, 2.05) is 0 Å². The molecule has 0 aliphatic heterocycles. The van der Waals surface area contributed by atoms with Gasteiger partial charge in [-0.1, -0.05) is 31.5 Å². The number of ether oxygens (including phenoxy) is 1. The van der Waals surface area contributed by atoms with Gasteiger partial charge in [0.25, 0.3) is 0 Å². The topological polar surface area (TPSA) is 64.3 Å². The van der Waals surface area contributed by atoms with Gasteiger partial charge < -0.3 is 15.8 Å². The highest BCUT2D eigenvalue weighted by molar-refractivity contribution is 7.80. The maximum atomic E-state index is 12.3. The average Bonchev–Trinajstić information content (AvgIpc) is 2.43. The van der Waals surface area contributed by atoms with Crippen molar-refractivity contribution in [2.75, 3.05) is 20.3 Å². The van der Waals surface area contributed by atoms with Crippen LogP contribution in [-0.4, -0.2) is 31.2 Å². The van der Waals surface area contributed by atoms with Gasteiger partial charge in [0, 0.05) is 20.3 Å². The molecule has 0 aromatic heterocycles. The third-order valence-corrected chi connectivity index (χ3v) is 4.31. The smallest absolute Gasteiger partial charge is 0.233 e. The first-order valence-electron chi connectivity index (χ1n) is 7.20. The fourth-order valence-electron chi connectivity index (χ4n) is 2.66. The van der Waals surface area contributed by atoms with Gasteiger partial charge in [-0.25, -0.2) is 0 Å². The summed E-state index contributed by atoms with van der Waals surface area (Å²) in [6.45, 7) is 1.48. The van der Waals surface area contributed by atoms with Crippen LogP contribution in [0.5, 0.6) is 0 Å². The minimum absolute atomic E-state index is 0.0337. The third kappa shape index (κ3) is 4.73. The van der Waals surface area contributed by atoms with Crippen LogP contribution in [0.2, 0.25) is 0 Å². The Morgan fingerprint density at radius 1 is 1.26 bits per heavy atom. The van der Waals surface area contributed by atoms with Crippen molar-refractivity contribution in [3.05, 3.63) is 0 Å². The van der Waals surface area contributed by atoms with Crippen LogP contribution in [-0.2, 0) is 9.53 Å². The third-order valence-electron chi connectivity index (χ3n) is 3.92. The van der Waals surface area contributed by atoms with E-state index in [9.17, 15) is 4.79 Å². The lowest BCUT2D eigenvalue weighted by molar-refractivity contribution is -0.128. The molecule has 0 unspecified atom stereocenters. The molecule has 0 atom stereocenters. The number of nitrogens with two attached hydrogens (primary N) is 1. The van der Waals surface area contributed by atoms with Crippen LogP contribution in [0.1, 0.15) is 51.4 Å². The first-order valence-corrected chi connectivity index (χ1v) is 7.61. The molecule has 19 heavy (non-hydrogen) atoms. The quantitative estimate of drug-likeness (QED) is 0.530. The van der Waals surface area contributed by atoms with E-state index in [1.54, 1.807) is 7.11 Å². The van der Waals surface area contributed by atoms with E-state index in [2.05, 4.69) is 5.32 Å². The molecule has 0 heterocycles. The maximum absolute atomic E-state index is 12.3. The highest BCUT2D eigenvalue weighted by Crippen LogP contribution is 2.36. The number of carbonyl (C=O) groups is 1. The van der Waals surface area contributed by atoms with Crippen molar-refractivity contribution in [2.24, 2.45) is 11.1 Å². The largest absolute Gasteiger partial charge is 0.392 e. The van der Waals surface area contributed by atoms with E-state index in [1.165, 1.54) is 6.42 Å². The Morgan fingerprint density at radius 2 is 1.95 bits per heavy atom. The van der Waals surface area contributed by atoms with Crippen LogP contribution in [0, 0.1) is 5.41 Å². The van der Waals surface area contributed by atoms with Crippen molar-refractivity contribution in [3.63, 3.8) is 0 Å². The van der Waals surface area contributed by atoms with Crippen LogP contribution in [0.15, 0.2) is 0 Å². The maximum Gasteiger partial charge on any atom is 0.233 e. The van der Waals surface area contributed by atoms with Gasteiger partial charge in [-0.15, -0.1) is 0 Å². The predicted octanol–water partition coefficient (Wildman–Crippen LogP) is 2.16. The molecule has 3 N–H and O–H groups in total. The zero-order chi connectivity index (χ0) is 14.1. The SMILES string of the molecule is COCCCCCNC(=O)C1(C(N)=S)CCCCC1. The number of unbranched alkanes of at least 4 members (excludes halogenated alkanes) is 2. The number of rotatable bonds is 8. The van der Waals surface area contributed by atoms with Crippen LogP contribution in [0.25, 0.3) is 0 Å². The fraction of sp³-hybridized carbons (Fsp3) is 0.857. The summed E-state index contributed by atoms with van der Waals surface area (Å²) in [4.78, 5) is 12.7. The van der Waals surface area contributed by atoms with Gasteiger partial charge in [0.1, 0.15) is 0 Å². The van der Waals surface area contributed by atoms with E-state index in [4.69, 9.17) is 22.7 Å². The van der Waals surface area contributed by atoms with E-state index in [0.29, 0.717) is 11.5 Å². The monoisotopic (exact) mass is 286 g/mol. The summed E-state index contributed by atoms with van der Waals surface area (Å²) in [5.74, 6) is 0.0337. The summed E-state index contributed by atoms with van der Waals surface area (Å²) in [5, 5.41) is 3.00. The zero-order valence-corrected chi connectivity index (χ0v) is 12.7. The van der Waals surface area contributed by atoms with E-state index in [0.717, 1.165) is 51.6 Å². The molecule has 0 saturated heterocycles. The Bertz CT molecular complexity index is 302. The molecule has 110 valence electrons. The molecule has 0 aromatic carbocycles. The molecule has 5 heteroatoms. The molecule has 0 aromatic rings. The van der Waals surface area contributed by atoms with E-state index < -0.39 is 5.41 Å². The molecule has 1 aliphatic rings. The van der Waals surface area contributed by atoms with Crippen LogP contribution in [0.4, 0.5) is 0 Å². The first kappa shape index (κ1) is 16.4. The van der Waals surface area contributed by atoms with Gasteiger partial charge in [-0.05, 0) is 32.1 Å².